The van der Waals surface area contributed by atoms with Crippen LogP contribution >= 0.6 is 0 Å². The van der Waals surface area contributed by atoms with E-state index < -0.39 is 0 Å². The van der Waals surface area contributed by atoms with Gasteiger partial charge < -0.3 is 10.1 Å². The summed E-state index contributed by atoms with van der Waals surface area (Å²) in [4.78, 5) is 4.06. The van der Waals surface area contributed by atoms with Gasteiger partial charge in [-0.15, -0.1) is 0 Å². The Morgan fingerprint density at radius 2 is 2.05 bits per heavy atom. The van der Waals surface area contributed by atoms with Crippen molar-refractivity contribution >= 4 is 0 Å². The van der Waals surface area contributed by atoms with Crippen molar-refractivity contribution in [1.29, 1.82) is 0 Å². The molecule has 1 aromatic carbocycles. The second kappa shape index (κ2) is 6.06. The first-order valence-corrected chi connectivity index (χ1v) is 7.18. The predicted molar refractivity (Wildman–Crippen MR) is 79.8 cm³/mol. The number of rotatable bonds is 6. The highest BCUT2D eigenvalue weighted by Gasteiger charge is 2.23. The predicted octanol–water partition coefficient (Wildman–Crippen LogP) is 3.13. The van der Waals surface area contributed by atoms with Crippen LogP contribution in [-0.4, -0.2) is 18.1 Å². The Hall–Kier alpha value is -1.87. The molecule has 1 heterocycles. The van der Waals surface area contributed by atoms with Crippen LogP contribution < -0.4 is 10.1 Å². The van der Waals surface area contributed by atoms with Crippen LogP contribution in [0, 0.1) is 0 Å². The van der Waals surface area contributed by atoms with Crippen LogP contribution in [0.3, 0.4) is 0 Å². The lowest BCUT2D eigenvalue weighted by Crippen LogP contribution is -2.19. The van der Waals surface area contributed by atoms with Crippen LogP contribution in [-0.2, 0) is 6.42 Å². The molecule has 2 aromatic rings. The molecular formula is C17H20N2O. The maximum atomic E-state index is 5.87. The molecule has 104 valence electrons. The molecule has 0 radical (unpaired) electrons. The van der Waals surface area contributed by atoms with E-state index in [0.717, 1.165) is 12.2 Å². The Bertz CT molecular complexity index is 552. The molecule has 0 saturated heterocycles. The zero-order valence-corrected chi connectivity index (χ0v) is 11.8. The fraction of sp³-hybridized carbons (Fsp3) is 0.353. The fourth-order valence-electron chi connectivity index (χ4n) is 2.32. The van der Waals surface area contributed by atoms with E-state index in [1.54, 1.807) is 0 Å². The summed E-state index contributed by atoms with van der Waals surface area (Å²) in [5.41, 5.74) is 2.55. The smallest absolute Gasteiger partial charge is 0.120 e. The molecular weight excluding hydrogens is 248 g/mol. The summed E-state index contributed by atoms with van der Waals surface area (Å²) in [7, 11) is 2.00. The number of nitrogens with zero attached hydrogens (tertiary/aromatic N) is 1. The largest absolute Gasteiger partial charge is 0.490 e. The van der Waals surface area contributed by atoms with Gasteiger partial charge in [0, 0.05) is 18.4 Å². The molecule has 0 bridgehead atoms. The molecule has 3 heteroatoms. The van der Waals surface area contributed by atoms with Crippen molar-refractivity contribution in [2.24, 2.45) is 0 Å². The van der Waals surface area contributed by atoms with Crippen molar-refractivity contribution in [3.05, 3.63) is 59.9 Å². The summed E-state index contributed by atoms with van der Waals surface area (Å²) in [6, 6.07) is 12.8. The van der Waals surface area contributed by atoms with Crippen LogP contribution in [0.2, 0.25) is 0 Å². The van der Waals surface area contributed by atoms with Crippen molar-refractivity contribution in [3.63, 3.8) is 0 Å². The lowest BCUT2D eigenvalue weighted by Gasteiger charge is -2.17. The minimum Gasteiger partial charge on any atom is -0.490 e. The van der Waals surface area contributed by atoms with Crippen LogP contribution in [0.1, 0.15) is 30.0 Å². The average Bonchev–Trinajstić information content (AvgIpc) is 3.30. The van der Waals surface area contributed by atoms with E-state index in [4.69, 9.17) is 4.74 Å². The second-order valence-electron chi connectivity index (χ2n) is 5.29. The van der Waals surface area contributed by atoms with Crippen molar-refractivity contribution in [2.45, 2.75) is 31.4 Å². The highest BCUT2D eigenvalue weighted by Crippen LogP contribution is 2.28. The van der Waals surface area contributed by atoms with Gasteiger partial charge in [0.1, 0.15) is 5.75 Å². The summed E-state index contributed by atoms with van der Waals surface area (Å²) in [6.45, 7) is 0. The molecule has 1 saturated carbocycles. The Balaban J connectivity index is 1.74. The van der Waals surface area contributed by atoms with E-state index in [2.05, 4.69) is 40.6 Å². The Morgan fingerprint density at radius 3 is 2.75 bits per heavy atom. The first-order valence-electron chi connectivity index (χ1n) is 7.18. The minimum atomic E-state index is 0.292. The highest BCUT2D eigenvalue weighted by atomic mass is 16.5. The van der Waals surface area contributed by atoms with Crippen molar-refractivity contribution in [3.8, 4) is 5.75 Å². The van der Waals surface area contributed by atoms with Crippen LogP contribution in [0.15, 0.2) is 48.8 Å². The zero-order valence-electron chi connectivity index (χ0n) is 11.8. The van der Waals surface area contributed by atoms with Crippen LogP contribution in [0.4, 0.5) is 0 Å². The Labute approximate surface area is 120 Å². The standard InChI is InChI=1S/C17H20N2O/c1-18-17(11-13-7-9-19-10-8-13)14-3-2-4-16(12-14)20-15-5-6-15/h2-4,7-10,12,15,17-18H,5-6,11H2,1H3. The normalized spacial score (nSPS) is 15.8. The van der Waals surface area contributed by atoms with E-state index in [1.165, 1.54) is 24.0 Å². The first kappa shape index (κ1) is 13.1. The average molecular weight is 268 g/mol. The van der Waals surface area contributed by atoms with E-state index in [-0.39, 0.29) is 0 Å². The fourth-order valence-corrected chi connectivity index (χ4v) is 2.32. The third kappa shape index (κ3) is 3.36. The van der Waals surface area contributed by atoms with Gasteiger partial charge in [-0.05, 0) is 61.7 Å². The van der Waals surface area contributed by atoms with Crippen LogP contribution in [0.5, 0.6) is 5.75 Å². The molecule has 1 unspecified atom stereocenters. The minimum absolute atomic E-state index is 0.292. The SMILES string of the molecule is CNC(Cc1ccncc1)c1cccc(OC2CC2)c1. The van der Waals surface area contributed by atoms with E-state index in [1.807, 2.05) is 25.5 Å². The lowest BCUT2D eigenvalue weighted by molar-refractivity contribution is 0.302. The van der Waals surface area contributed by atoms with E-state index in [9.17, 15) is 0 Å². The van der Waals surface area contributed by atoms with Gasteiger partial charge in [0.25, 0.3) is 0 Å². The van der Waals surface area contributed by atoms with Gasteiger partial charge in [0.15, 0.2) is 0 Å². The molecule has 1 aliphatic carbocycles. The summed E-state index contributed by atoms with van der Waals surface area (Å²) < 4.78 is 5.87. The molecule has 1 aliphatic rings. The van der Waals surface area contributed by atoms with Gasteiger partial charge in [-0.1, -0.05) is 12.1 Å². The number of nitrogens with one attached hydrogen (secondary N) is 1. The second-order valence-corrected chi connectivity index (χ2v) is 5.29. The molecule has 0 aliphatic heterocycles. The number of ether oxygens (including phenoxy) is 1. The molecule has 0 amide bonds. The van der Waals surface area contributed by atoms with Crippen LogP contribution in [0.25, 0.3) is 0 Å². The Morgan fingerprint density at radius 1 is 1.25 bits per heavy atom. The molecule has 1 aromatic heterocycles. The van der Waals surface area contributed by atoms with Crippen molar-refractivity contribution in [2.75, 3.05) is 7.05 Å². The van der Waals surface area contributed by atoms with Gasteiger partial charge >= 0.3 is 0 Å². The van der Waals surface area contributed by atoms with Gasteiger partial charge in [-0.2, -0.15) is 0 Å². The monoisotopic (exact) mass is 268 g/mol. The van der Waals surface area contributed by atoms with E-state index in [0.29, 0.717) is 12.1 Å². The molecule has 20 heavy (non-hydrogen) atoms. The third-order valence-electron chi connectivity index (χ3n) is 3.63. The molecule has 0 spiro atoms. The zero-order chi connectivity index (χ0) is 13.8. The van der Waals surface area contributed by atoms with E-state index >= 15 is 0 Å². The van der Waals surface area contributed by atoms with Gasteiger partial charge in [0.2, 0.25) is 0 Å². The number of likely N-dealkylation sites (N-methyl/N-ethyl adjacent to an activating group) is 1. The topological polar surface area (TPSA) is 34.2 Å². The Kier molecular flexibility index (Phi) is 3.97. The third-order valence-corrected chi connectivity index (χ3v) is 3.63. The summed E-state index contributed by atoms with van der Waals surface area (Å²) in [6.07, 6.45) is 7.46. The number of aromatic nitrogens is 1. The lowest BCUT2D eigenvalue weighted by atomic mass is 9.99. The summed E-state index contributed by atoms with van der Waals surface area (Å²) in [5.74, 6) is 0.986. The molecule has 3 nitrogen and oxygen atoms in total. The molecule has 1 atom stereocenters. The van der Waals surface area contributed by atoms with Gasteiger partial charge in [-0.25, -0.2) is 0 Å². The quantitative estimate of drug-likeness (QED) is 0.874. The number of pyridine rings is 1. The molecule has 1 N–H and O–H groups in total. The van der Waals surface area contributed by atoms with Gasteiger partial charge in [0.05, 0.1) is 6.10 Å². The molecule has 3 rings (SSSR count). The summed E-state index contributed by atoms with van der Waals surface area (Å²) >= 11 is 0. The number of hydrogen-bond donors (Lipinski definition) is 1. The maximum Gasteiger partial charge on any atom is 0.120 e. The summed E-state index contributed by atoms with van der Waals surface area (Å²) in [5, 5.41) is 3.39. The first-order chi connectivity index (χ1) is 9.85. The number of benzene rings is 1. The number of hydrogen-bond acceptors (Lipinski definition) is 3. The highest BCUT2D eigenvalue weighted by molar-refractivity contribution is 5.32. The van der Waals surface area contributed by atoms with Gasteiger partial charge in [-0.3, -0.25) is 4.98 Å². The maximum absolute atomic E-state index is 5.87. The molecule has 1 fully saturated rings. The van der Waals surface area contributed by atoms with Crippen molar-refractivity contribution < 1.29 is 4.74 Å². The van der Waals surface area contributed by atoms with Crippen molar-refractivity contribution in [1.82, 2.24) is 10.3 Å².